The molecular weight excluding hydrogens is 274 g/mol. The molecule has 0 aliphatic rings. The van der Waals surface area contributed by atoms with Crippen molar-refractivity contribution < 1.29 is 19.6 Å². The largest absolute Gasteiger partial charge is 0.489 e. The van der Waals surface area contributed by atoms with Crippen molar-refractivity contribution in [2.24, 2.45) is 0 Å². The van der Waals surface area contributed by atoms with E-state index in [1.54, 1.807) is 0 Å². The zero-order chi connectivity index (χ0) is 15.4. The zero-order valence-corrected chi connectivity index (χ0v) is 11.3. The Kier molecular flexibility index (Phi) is 4.18. The van der Waals surface area contributed by atoms with Crippen LogP contribution in [0.3, 0.4) is 0 Å². The number of aromatic carboxylic acids is 1. The summed E-state index contributed by atoms with van der Waals surface area (Å²) >= 11 is 0. The highest BCUT2D eigenvalue weighted by molar-refractivity contribution is 5.92. The predicted octanol–water partition coefficient (Wildman–Crippen LogP) is 3.18. The number of benzene rings is 2. The molecule has 0 aromatic heterocycles. The lowest BCUT2D eigenvalue weighted by Crippen LogP contribution is -2.04. The number of nitro groups is 1. The van der Waals surface area contributed by atoms with Gasteiger partial charge in [0.1, 0.15) is 17.9 Å². The Labute approximate surface area is 120 Å². The second-order valence-corrected chi connectivity index (χ2v) is 4.52. The van der Waals surface area contributed by atoms with Crippen LogP contribution in [-0.4, -0.2) is 16.0 Å². The molecular formula is C15H13NO5. The summed E-state index contributed by atoms with van der Waals surface area (Å²) in [6.45, 7) is 2.22. The highest BCUT2D eigenvalue weighted by Crippen LogP contribution is 2.24. The lowest BCUT2D eigenvalue weighted by atomic mass is 10.1. The van der Waals surface area contributed by atoms with Gasteiger partial charge in [0.05, 0.1) is 4.92 Å². The summed E-state index contributed by atoms with van der Waals surface area (Å²) < 4.78 is 5.49. The van der Waals surface area contributed by atoms with Crippen LogP contribution in [0.1, 0.15) is 21.5 Å². The van der Waals surface area contributed by atoms with Gasteiger partial charge in [-0.3, -0.25) is 10.1 Å². The highest BCUT2D eigenvalue weighted by Gasteiger charge is 2.20. The number of hydrogen-bond donors (Lipinski definition) is 1. The van der Waals surface area contributed by atoms with E-state index in [1.807, 2.05) is 31.2 Å². The smallest absolute Gasteiger partial charge is 0.342 e. The van der Waals surface area contributed by atoms with Gasteiger partial charge < -0.3 is 9.84 Å². The SMILES string of the molecule is Cc1cccc(COc2ccc([N+](=O)[O-])c(C(=O)O)c2)c1. The van der Waals surface area contributed by atoms with Gasteiger partial charge in [-0.1, -0.05) is 29.8 Å². The van der Waals surface area contributed by atoms with Crippen molar-refractivity contribution in [3.63, 3.8) is 0 Å². The third-order valence-corrected chi connectivity index (χ3v) is 2.88. The van der Waals surface area contributed by atoms with E-state index in [9.17, 15) is 14.9 Å². The number of hydrogen-bond acceptors (Lipinski definition) is 4. The molecule has 1 N–H and O–H groups in total. The Morgan fingerprint density at radius 1 is 1.29 bits per heavy atom. The molecule has 0 radical (unpaired) electrons. The van der Waals surface area contributed by atoms with Crippen molar-refractivity contribution in [1.29, 1.82) is 0 Å². The fraction of sp³-hybridized carbons (Fsp3) is 0.133. The maximum Gasteiger partial charge on any atom is 0.342 e. The minimum absolute atomic E-state index is 0.262. The second-order valence-electron chi connectivity index (χ2n) is 4.52. The first-order valence-electron chi connectivity index (χ1n) is 6.17. The van der Waals surface area contributed by atoms with Crippen LogP contribution in [0.2, 0.25) is 0 Å². The Hall–Kier alpha value is -2.89. The van der Waals surface area contributed by atoms with E-state index in [0.717, 1.165) is 23.3 Å². The molecule has 6 heteroatoms. The molecule has 0 unspecified atom stereocenters. The monoisotopic (exact) mass is 287 g/mol. The van der Waals surface area contributed by atoms with Gasteiger partial charge in [-0.2, -0.15) is 0 Å². The number of nitrogens with zero attached hydrogens (tertiary/aromatic N) is 1. The highest BCUT2D eigenvalue weighted by atomic mass is 16.6. The minimum Gasteiger partial charge on any atom is -0.489 e. The van der Waals surface area contributed by atoms with Gasteiger partial charge in [-0.25, -0.2) is 4.79 Å². The van der Waals surface area contributed by atoms with Crippen molar-refractivity contribution in [2.45, 2.75) is 13.5 Å². The molecule has 2 rings (SSSR count). The second kappa shape index (κ2) is 6.04. The van der Waals surface area contributed by atoms with Gasteiger partial charge in [0.25, 0.3) is 5.69 Å². The molecule has 6 nitrogen and oxygen atoms in total. The molecule has 21 heavy (non-hydrogen) atoms. The Morgan fingerprint density at radius 2 is 2.05 bits per heavy atom. The molecule has 0 bridgehead atoms. The minimum atomic E-state index is -1.36. The van der Waals surface area contributed by atoms with E-state index in [2.05, 4.69) is 0 Å². The van der Waals surface area contributed by atoms with Gasteiger partial charge in [-0.15, -0.1) is 0 Å². The topological polar surface area (TPSA) is 89.7 Å². The molecule has 0 heterocycles. The summed E-state index contributed by atoms with van der Waals surface area (Å²) in [5, 5.41) is 19.8. The molecule has 0 spiro atoms. The standard InChI is InChI=1S/C15H13NO5/c1-10-3-2-4-11(7-10)9-21-12-5-6-14(16(19)20)13(8-12)15(17)18/h2-8H,9H2,1H3,(H,17,18). The molecule has 0 saturated heterocycles. The summed E-state index contributed by atoms with van der Waals surface area (Å²) in [5.41, 5.74) is 1.18. The lowest BCUT2D eigenvalue weighted by Gasteiger charge is -2.08. The third kappa shape index (κ3) is 3.56. The molecule has 108 valence electrons. The first-order valence-corrected chi connectivity index (χ1v) is 6.17. The third-order valence-electron chi connectivity index (χ3n) is 2.88. The van der Waals surface area contributed by atoms with E-state index in [0.29, 0.717) is 0 Å². The molecule has 0 amide bonds. The number of rotatable bonds is 5. The van der Waals surface area contributed by atoms with Gasteiger partial charge >= 0.3 is 5.97 Å². The van der Waals surface area contributed by atoms with E-state index >= 15 is 0 Å². The van der Waals surface area contributed by atoms with Crippen LogP contribution in [0.25, 0.3) is 0 Å². The van der Waals surface area contributed by atoms with Crippen molar-refractivity contribution in [1.82, 2.24) is 0 Å². The van der Waals surface area contributed by atoms with Gasteiger partial charge in [0.15, 0.2) is 0 Å². The lowest BCUT2D eigenvalue weighted by molar-refractivity contribution is -0.385. The molecule has 0 fully saturated rings. The number of ether oxygens (including phenoxy) is 1. The van der Waals surface area contributed by atoms with E-state index < -0.39 is 16.6 Å². The van der Waals surface area contributed by atoms with Crippen LogP contribution >= 0.6 is 0 Å². The van der Waals surface area contributed by atoms with Crippen LogP contribution in [0.15, 0.2) is 42.5 Å². The van der Waals surface area contributed by atoms with Crippen LogP contribution in [-0.2, 0) is 6.61 Å². The van der Waals surface area contributed by atoms with E-state index in [4.69, 9.17) is 9.84 Å². The zero-order valence-electron chi connectivity index (χ0n) is 11.3. The van der Waals surface area contributed by atoms with Gasteiger partial charge in [-0.05, 0) is 18.6 Å². The van der Waals surface area contributed by atoms with Crippen LogP contribution in [0, 0.1) is 17.0 Å². The van der Waals surface area contributed by atoms with Crippen molar-refractivity contribution in [2.75, 3.05) is 0 Å². The van der Waals surface area contributed by atoms with Crippen molar-refractivity contribution in [3.05, 3.63) is 69.3 Å². The van der Waals surface area contributed by atoms with Crippen molar-refractivity contribution in [3.8, 4) is 5.75 Å². The maximum absolute atomic E-state index is 11.0. The summed E-state index contributed by atoms with van der Waals surface area (Å²) in [7, 11) is 0. The summed E-state index contributed by atoms with van der Waals surface area (Å²) in [4.78, 5) is 21.1. The molecule has 2 aromatic rings. The summed E-state index contributed by atoms with van der Waals surface area (Å²) in [6.07, 6.45) is 0. The summed E-state index contributed by atoms with van der Waals surface area (Å²) in [5.74, 6) is -1.08. The molecule has 0 atom stereocenters. The molecule has 0 aliphatic heterocycles. The predicted molar refractivity (Wildman–Crippen MR) is 75.6 cm³/mol. The Bertz CT molecular complexity index is 696. The fourth-order valence-electron chi connectivity index (χ4n) is 1.90. The quantitative estimate of drug-likeness (QED) is 0.673. The van der Waals surface area contributed by atoms with Crippen LogP contribution in [0.4, 0.5) is 5.69 Å². The number of carbonyl (C=O) groups is 1. The van der Waals surface area contributed by atoms with E-state index in [1.165, 1.54) is 6.07 Å². The number of aryl methyl sites for hydroxylation is 1. The Morgan fingerprint density at radius 3 is 2.67 bits per heavy atom. The molecule has 2 aromatic carbocycles. The fourth-order valence-corrected chi connectivity index (χ4v) is 1.90. The number of carboxylic acid groups (broad SMARTS) is 1. The maximum atomic E-state index is 11.0. The van der Waals surface area contributed by atoms with Crippen LogP contribution < -0.4 is 4.74 Å². The van der Waals surface area contributed by atoms with E-state index in [-0.39, 0.29) is 17.9 Å². The average Bonchev–Trinajstić information content (AvgIpc) is 2.44. The van der Waals surface area contributed by atoms with Crippen LogP contribution in [0.5, 0.6) is 5.75 Å². The molecule has 0 aliphatic carbocycles. The van der Waals surface area contributed by atoms with Gasteiger partial charge in [0.2, 0.25) is 0 Å². The van der Waals surface area contributed by atoms with Crippen molar-refractivity contribution >= 4 is 11.7 Å². The van der Waals surface area contributed by atoms with Gasteiger partial charge in [0, 0.05) is 12.1 Å². The number of carboxylic acids is 1. The molecule has 0 saturated carbocycles. The summed E-state index contributed by atoms with van der Waals surface area (Å²) in [6, 6.07) is 11.4. The first kappa shape index (κ1) is 14.5. The Balaban J connectivity index is 2.19. The number of nitro benzene ring substituents is 1. The normalized spacial score (nSPS) is 10.1. The first-order chi connectivity index (χ1) is 9.97. The average molecular weight is 287 g/mol.